The molecule has 0 radical (unpaired) electrons. The van der Waals surface area contributed by atoms with E-state index in [1.165, 1.54) is 0 Å². The predicted octanol–water partition coefficient (Wildman–Crippen LogP) is 3.65. The highest BCUT2D eigenvalue weighted by atomic mass is 16.1. The van der Waals surface area contributed by atoms with Gasteiger partial charge in [-0.25, -0.2) is 4.98 Å². The molecule has 24 heavy (non-hydrogen) atoms. The molecule has 5 nitrogen and oxygen atoms in total. The second-order valence-electron chi connectivity index (χ2n) is 5.46. The molecule has 0 saturated heterocycles. The lowest BCUT2D eigenvalue weighted by molar-refractivity contribution is 0.102. The van der Waals surface area contributed by atoms with Gasteiger partial charge in [0.15, 0.2) is 0 Å². The van der Waals surface area contributed by atoms with Crippen molar-refractivity contribution >= 4 is 17.3 Å². The van der Waals surface area contributed by atoms with Crippen LogP contribution in [0.3, 0.4) is 0 Å². The van der Waals surface area contributed by atoms with Crippen LogP contribution in [0.25, 0.3) is 0 Å². The van der Waals surface area contributed by atoms with Gasteiger partial charge in [-0.3, -0.25) is 9.78 Å². The molecule has 120 valence electrons. The fourth-order valence-electron chi connectivity index (χ4n) is 2.17. The average Bonchev–Trinajstić information content (AvgIpc) is 2.63. The Kier molecular flexibility index (Phi) is 4.81. The predicted molar refractivity (Wildman–Crippen MR) is 94.9 cm³/mol. The van der Waals surface area contributed by atoms with Crippen molar-refractivity contribution in [3.63, 3.8) is 0 Å². The first-order valence-electron chi connectivity index (χ1n) is 7.67. The zero-order valence-corrected chi connectivity index (χ0v) is 13.4. The highest BCUT2D eigenvalue weighted by molar-refractivity contribution is 6.02. The Balaban J connectivity index is 1.59. The number of benzene rings is 1. The van der Waals surface area contributed by atoms with E-state index in [1.807, 2.05) is 49.4 Å². The molecule has 0 atom stereocenters. The lowest BCUT2D eigenvalue weighted by Crippen LogP contribution is -2.13. The van der Waals surface area contributed by atoms with E-state index in [0.29, 0.717) is 12.2 Å². The Bertz CT molecular complexity index is 799. The van der Waals surface area contributed by atoms with E-state index in [-0.39, 0.29) is 5.91 Å². The molecule has 2 aromatic heterocycles. The van der Waals surface area contributed by atoms with E-state index < -0.39 is 0 Å². The molecular weight excluding hydrogens is 300 g/mol. The fourth-order valence-corrected chi connectivity index (χ4v) is 2.17. The number of hydrogen-bond donors (Lipinski definition) is 2. The quantitative estimate of drug-likeness (QED) is 0.753. The summed E-state index contributed by atoms with van der Waals surface area (Å²) < 4.78 is 0. The van der Waals surface area contributed by atoms with Crippen molar-refractivity contribution in [2.45, 2.75) is 13.5 Å². The number of aryl methyl sites for hydroxylation is 1. The van der Waals surface area contributed by atoms with Gasteiger partial charge in [0.25, 0.3) is 5.91 Å². The summed E-state index contributed by atoms with van der Waals surface area (Å²) >= 11 is 0. The summed E-state index contributed by atoms with van der Waals surface area (Å²) in [5, 5.41) is 6.09. The third-order valence-corrected chi connectivity index (χ3v) is 3.55. The Morgan fingerprint density at radius 2 is 1.67 bits per heavy atom. The zero-order chi connectivity index (χ0) is 16.8. The van der Waals surface area contributed by atoms with Crippen LogP contribution < -0.4 is 10.6 Å². The van der Waals surface area contributed by atoms with Crippen molar-refractivity contribution in [2.24, 2.45) is 0 Å². The molecule has 0 fully saturated rings. The van der Waals surface area contributed by atoms with E-state index in [1.54, 1.807) is 24.7 Å². The molecule has 2 heterocycles. The second kappa shape index (κ2) is 7.37. The lowest BCUT2D eigenvalue weighted by atomic mass is 10.2. The van der Waals surface area contributed by atoms with Gasteiger partial charge in [0.05, 0.1) is 11.9 Å². The van der Waals surface area contributed by atoms with Crippen LogP contribution in [0.5, 0.6) is 0 Å². The topological polar surface area (TPSA) is 66.9 Å². The Morgan fingerprint density at radius 3 is 2.33 bits per heavy atom. The SMILES string of the molecule is Cc1ccc(NC(=O)c2ccc(NCc3ccncc3)cn2)cc1. The first-order valence-corrected chi connectivity index (χ1v) is 7.67. The number of rotatable bonds is 5. The maximum absolute atomic E-state index is 12.2. The van der Waals surface area contributed by atoms with Crippen LogP contribution in [0.1, 0.15) is 21.6 Å². The lowest BCUT2D eigenvalue weighted by Gasteiger charge is -2.08. The van der Waals surface area contributed by atoms with Gasteiger partial charge in [0.1, 0.15) is 5.69 Å². The van der Waals surface area contributed by atoms with Crippen molar-refractivity contribution in [1.82, 2.24) is 9.97 Å². The summed E-state index contributed by atoms with van der Waals surface area (Å²) in [7, 11) is 0. The first-order chi connectivity index (χ1) is 11.7. The molecule has 2 N–H and O–H groups in total. The van der Waals surface area contributed by atoms with E-state index in [2.05, 4.69) is 20.6 Å². The minimum Gasteiger partial charge on any atom is -0.380 e. The zero-order valence-electron chi connectivity index (χ0n) is 13.4. The molecule has 5 heteroatoms. The number of hydrogen-bond acceptors (Lipinski definition) is 4. The van der Waals surface area contributed by atoms with Crippen molar-refractivity contribution < 1.29 is 4.79 Å². The van der Waals surface area contributed by atoms with E-state index in [9.17, 15) is 4.79 Å². The van der Waals surface area contributed by atoms with Crippen molar-refractivity contribution in [1.29, 1.82) is 0 Å². The van der Waals surface area contributed by atoms with Gasteiger partial charge in [-0.2, -0.15) is 0 Å². The van der Waals surface area contributed by atoms with Gasteiger partial charge in [0, 0.05) is 24.6 Å². The average molecular weight is 318 g/mol. The monoisotopic (exact) mass is 318 g/mol. The number of aromatic nitrogens is 2. The van der Waals surface area contributed by atoms with Gasteiger partial charge in [0.2, 0.25) is 0 Å². The molecule has 0 unspecified atom stereocenters. The van der Waals surface area contributed by atoms with Crippen LogP contribution in [0.2, 0.25) is 0 Å². The third kappa shape index (κ3) is 4.16. The van der Waals surface area contributed by atoms with Crippen molar-refractivity contribution in [2.75, 3.05) is 10.6 Å². The van der Waals surface area contributed by atoms with Crippen LogP contribution in [-0.2, 0) is 6.54 Å². The van der Waals surface area contributed by atoms with Crippen molar-refractivity contribution in [3.05, 3.63) is 83.9 Å². The molecule has 0 aliphatic rings. The van der Waals surface area contributed by atoms with E-state index in [4.69, 9.17) is 0 Å². The molecule has 3 rings (SSSR count). The number of anilines is 2. The number of carbonyl (C=O) groups excluding carboxylic acids is 1. The van der Waals surface area contributed by atoms with E-state index >= 15 is 0 Å². The van der Waals surface area contributed by atoms with E-state index in [0.717, 1.165) is 22.5 Å². The summed E-state index contributed by atoms with van der Waals surface area (Å²) in [4.78, 5) is 20.4. The molecule has 0 aliphatic carbocycles. The van der Waals surface area contributed by atoms with Crippen LogP contribution in [-0.4, -0.2) is 15.9 Å². The van der Waals surface area contributed by atoms with Crippen molar-refractivity contribution in [3.8, 4) is 0 Å². The molecule has 0 saturated carbocycles. The minimum absolute atomic E-state index is 0.223. The number of pyridine rings is 2. The molecule has 1 amide bonds. The van der Waals surface area contributed by atoms with Crippen LogP contribution in [0.4, 0.5) is 11.4 Å². The van der Waals surface area contributed by atoms with Crippen LogP contribution in [0, 0.1) is 6.92 Å². The normalized spacial score (nSPS) is 10.2. The molecule has 3 aromatic rings. The molecule has 0 spiro atoms. The third-order valence-electron chi connectivity index (χ3n) is 3.55. The second-order valence-corrected chi connectivity index (χ2v) is 5.46. The number of nitrogens with one attached hydrogen (secondary N) is 2. The van der Waals surface area contributed by atoms with Crippen LogP contribution >= 0.6 is 0 Å². The summed E-state index contributed by atoms with van der Waals surface area (Å²) in [6, 6.07) is 15.1. The highest BCUT2D eigenvalue weighted by Crippen LogP contribution is 2.12. The highest BCUT2D eigenvalue weighted by Gasteiger charge is 2.07. The van der Waals surface area contributed by atoms with Gasteiger partial charge < -0.3 is 10.6 Å². The van der Waals surface area contributed by atoms with Gasteiger partial charge in [-0.05, 0) is 48.9 Å². The Morgan fingerprint density at radius 1 is 0.958 bits per heavy atom. The largest absolute Gasteiger partial charge is 0.380 e. The Labute approximate surface area is 140 Å². The fraction of sp³-hybridized carbons (Fsp3) is 0.105. The number of carbonyl (C=O) groups is 1. The van der Waals surface area contributed by atoms with Gasteiger partial charge in [-0.15, -0.1) is 0 Å². The molecule has 1 aromatic carbocycles. The molecule has 0 aliphatic heterocycles. The Hall–Kier alpha value is -3.21. The van der Waals surface area contributed by atoms with Gasteiger partial charge in [-0.1, -0.05) is 17.7 Å². The number of amides is 1. The van der Waals surface area contributed by atoms with Crippen LogP contribution in [0.15, 0.2) is 67.1 Å². The summed E-state index contributed by atoms with van der Waals surface area (Å²) in [5.41, 5.74) is 4.28. The summed E-state index contributed by atoms with van der Waals surface area (Å²) in [6.45, 7) is 2.68. The maximum Gasteiger partial charge on any atom is 0.274 e. The number of nitrogens with zero attached hydrogens (tertiary/aromatic N) is 2. The standard InChI is InChI=1S/C19H18N4O/c1-14-2-4-16(5-3-14)23-19(24)18-7-6-17(13-22-18)21-12-15-8-10-20-11-9-15/h2-11,13,21H,12H2,1H3,(H,23,24). The first kappa shape index (κ1) is 15.7. The van der Waals surface area contributed by atoms with Gasteiger partial charge >= 0.3 is 0 Å². The summed E-state index contributed by atoms with van der Waals surface area (Å²) in [5.74, 6) is -0.223. The maximum atomic E-state index is 12.2. The molecular formula is C19H18N4O. The summed E-state index contributed by atoms with van der Waals surface area (Å²) in [6.07, 6.45) is 5.17. The smallest absolute Gasteiger partial charge is 0.274 e. The minimum atomic E-state index is -0.223. The molecule has 0 bridgehead atoms.